The third kappa shape index (κ3) is 2.02. The van der Waals surface area contributed by atoms with Crippen LogP contribution >= 0.6 is 0 Å². The SMILES string of the molecule is C[C@@H](C(=O)O)N1CCc2ccccc2C1. The molecule has 1 heterocycles. The van der Waals surface area contributed by atoms with Gasteiger partial charge in [0.05, 0.1) is 0 Å². The lowest BCUT2D eigenvalue weighted by atomic mass is 9.99. The van der Waals surface area contributed by atoms with Crippen molar-refractivity contribution in [2.24, 2.45) is 0 Å². The number of carboxylic acids is 1. The van der Waals surface area contributed by atoms with E-state index in [9.17, 15) is 4.79 Å². The average Bonchev–Trinajstić information content (AvgIpc) is 2.27. The molecule has 1 atom stereocenters. The van der Waals surface area contributed by atoms with E-state index in [0.29, 0.717) is 0 Å². The fourth-order valence-corrected chi connectivity index (χ4v) is 2.00. The minimum Gasteiger partial charge on any atom is -0.480 e. The van der Waals surface area contributed by atoms with E-state index in [1.165, 1.54) is 11.1 Å². The van der Waals surface area contributed by atoms with Gasteiger partial charge in [-0.05, 0) is 24.5 Å². The first-order valence-corrected chi connectivity index (χ1v) is 5.22. The molecule has 2 rings (SSSR count). The summed E-state index contributed by atoms with van der Waals surface area (Å²) in [6, 6.07) is 7.86. The third-order valence-electron chi connectivity index (χ3n) is 3.07. The van der Waals surface area contributed by atoms with Gasteiger partial charge in [-0.1, -0.05) is 24.3 Å². The predicted octanol–water partition coefficient (Wildman–Crippen LogP) is 1.52. The normalized spacial score (nSPS) is 18.2. The van der Waals surface area contributed by atoms with Crippen molar-refractivity contribution in [2.75, 3.05) is 6.54 Å². The van der Waals surface area contributed by atoms with Gasteiger partial charge >= 0.3 is 5.97 Å². The molecule has 1 aliphatic heterocycles. The van der Waals surface area contributed by atoms with Crippen LogP contribution < -0.4 is 0 Å². The fraction of sp³-hybridized carbons (Fsp3) is 0.417. The van der Waals surface area contributed by atoms with Crippen LogP contribution in [0, 0.1) is 0 Å². The molecule has 0 fully saturated rings. The summed E-state index contributed by atoms with van der Waals surface area (Å²) >= 11 is 0. The van der Waals surface area contributed by atoms with Crippen molar-refractivity contribution in [3.05, 3.63) is 35.4 Å². The smallest absolute Gasteiger partial charge is 0.320 e. The molecule has 3 nitrogen and oxygen atoms in total. The lowest BCUT2D eigenvalue weighted by Crippen LogP contribution is -2.42. The number of rotatable bonds is 2. The van der Waals surface area contributed by atoms with Gasteiger partial charge in [-0.3, -0.25) is 9.69 Å². The van der Waals surface area contributed by atoms with Gasteiger partial charge in [0.15, 0.2) is 0 Å². The maximum Gasteiger partial charge on any atom is 0.320 e. The summed E-state index contributed by atoms with van der Waals surface area (Å²) in [4.78, 5) is 12.9. The van der Waals surface area contributed by atoms with Gasteiger partial charge in [0.2, 0.25) is 0 Å². The Kier molecular flexibility index (Phi) is 2.73. The minimum absolute atomic E-state index is 0.390. The van der Waals surface area contributed by atoms with E-state index in [1.54, 1.807) is 6.92 Å². The van der Waals surface area contributed by atoms with E-state index in [1.807, 2.05) is 17.0 Å². The first-order chi connectivity index (χ1) is 7.18. The Hall–Kier alpha value is -1.35. The molecule has 0 bridgehead atoms. The first kappa shape index (κ1) is 10.2. The second-order valence-electron chi connectivity index (χ2n) is 4.00. The summed E-state index contributed by atoms with van der Waals surface area (Å²) in [5.74, 6) is -0.741. The van der Waals surface area contributed by atoms with Crippen molar-refractivity contribution >= 4 is 5.97 Å². The highest BCUT2D eigenvalue weighted by Gasteiger charge is 2.24. The van der Waals surface area contributed by atoms with E-state index in [-0.39, 0.29) is 0 Å². The highest BCUT2D eigenvalue weighted by molar-refractivity contribution is 5.72. The Morgan fingerprint density at radius 1 is 1.40 bits per heavy atom. The van der Waals surface area contributed by atoms with Crippen molar-refractivity contribution < 1.29 is 9.90 Å². The number of hydrogen-bond donors (Lipinski definition) is 1. The monoisotopic (exact) mass is 205 g/mol. The molecule has 1 aromatic rings. The van der Waals surface area contributed by atoms with E-state index in [0.717, 1.165) is 19.5 Å². The van der Waals surface area contributed by atoms with Crippen molar-refractivity contribution in [2.45, 2.75) is 25.9 Å². The maximum atomic E-state index is 10.9. The molecule has 0 saturated heterocycles. The molecule has 0 aliphatic carbocycles. The van der Waals surface area contributed by atoms with Gasteiger partial charge in [0.25, 0.3) is 0 Å². The molecule has 0 spiro atoms. The van der Waals surface area contributed by atoms with Crippen LogP contribution in [0.25, 0.3) is 0 Å². The number of fused-ring (bicyclic) bond motifs is 1. The Balaban J connectivity index is 2.15. The third-order valence-corrected chi connectivity index (χ3v) is 3.07. The minimum atomic E-state index is -0.741. The molecule has 15 heavy (non-hydrogen) atoms. The summed E-state index contributed by atoms with van der Waals surface area (Å²) in [6.07, 6.45) is 0.952. The number of carbonyl (C=O) groups is 1. The molecule has 0 radical (unpaired) electrons. The van der Waals surface area contributed by atoms with Crippen LogP contribution in [0.4, 0.5) is 0 Å². The van der Waals surface area contributed by atoms with E-state index >= 15 is 0 Å². The molecule has 1 N–H and O–H groups in total. The largest absolute Gasteiger partial charge is 0.480 e. The Morgan fingerprint density at radius 3 is 2.73 bits per heavy atom. The molecule has 0 unspecified atom stereocenters. The zero-order chi connectivity index (χ0) is 10.8. The Morgan fingerprint density at radius 2 is 2.07 bits per heavy atom. The molecule has 1 aromatic carbocycles. The maximum absolute atomic E-state index is 10.9. The molecular formula is C12H15NO2. The van der Waals surface area contributed by atoms with Crippen LogP contribution in [0.3, 0.4) is 0 Å². The predicted molar refractivity (Wildman–Crippen MR) is 57.7 cm³/mol. The first-order valence-electron chi connectivity index (χ1n) is 5.22. The highest BCUT2D eigenvalue weighted by atomic mass is 16.4. The molecule has 0 saturated carbocycles. The van der Waals surface area contributed by atoms with Gasteiger partial charge in [0, 0.05) is 13.1 Å². The quantitative estimate of drug-likeness (QED) is 0.795. The summed E-state index contributed by atoms with van der Waals surface area (Å²) in [6.45, 7) is 3.34. The molecular weight excluding hydrogens is 190 g/mol. The number of hydrogen-bond acceptors (Lipinski definition) is 2. The van der Waals surface area contributed by atoms with Crippen molar-refractivity contribution in [1.29, 1.82) is 0 Å². The van der Waals surface area contributed by atoms with Crippen LogP contribution in [-0.4, -0.2) is 28.6 Å². The van der Waals surface area contributed by atoms with Gasteiger partial charge < -0.3 is 5.11 Å². The van der Waals surface area contributed by atoms with Crippen molar-refractivity contribution in [3.63, 3.8) is 0 Å². The summed E-state index contributed by atoms with van der Waals surface area (Å²) in [7, 11) is 0. The van der Waals surface area contributed by atoms with E-state index < -0.39 is 12.0 Å². The zero-order valence-electron chi connectivity index (χ0n) is 8.81. The molecule has 0 aromatic heterocycles. The van der Waals surface area contributed by atoms with Crippen LogP contribution in [-0.2, 0) is 17.8 Å². The number of aliphatic carboxylic acids is 1. The van der Waals surface area contributed by atoms with Crippen LogP contribution in [0.1, 0.15) is 18.1 Å². The topological polar surface area (TPSA) is 40.5 Å². The lowest BCUT2D eigenvalue weighted by Gasteiger charge is -2.31. The van der Waals surface area contributed by atoms with Crippen LogP contribution in [0.5, 0.6) is 0 Å². The lowest BCUT2D eigenvalue weighted by molar-refractivity contribution is -0.143. The summed E-state index contributed by atoms with van der Waals surface area (Å²) < 4.78 is 0. The second-order valence-corrected chi connectivity index (χ2v) is 4.00. The van der Waals surface area contributed by atoms with E-state index in [4.69, 9.17) is 5.11 Å². The molecule has 1 aliphatic rings. The summed E-state index contributed by atoms with van der Waals surface area (Å²) in [5.41, 5.74) is 2.61. The fourth-order valence-electron chi connectivity index (χ4n) is 2.00. The van der Waals surface area contributed by atoms with Crippen LogP contribution in [0.15, 0.2) is 24.3 Å². The number of carboxylic acid groups (broad SMARTS) is 1. The Labute approximate surface area is 89.3 Å². The van der Waals surface area contributed by atoms with Crippen molar-refractivity contribution in [3.8, 4) is 0 Å². The molecule has 3 heteroatoms. The summed E-state index contributed by atoms with van der Waals surface area (Å²) in [5, 5.41) is 8.94. The molecule has 0 amide bonds. The second kappa shape index (κ2) is 4.03. The van der Waals surface area contributed by atoms with Gasteiger partial charge in [-0.25, -0.2) is 0 Å². The van der Waals surface area contributed by atoms with Crippen LogP contribution in [0.2, 0.25) is 0 Å². The molecule has 80 valence electrons. The Bertz CT molecular complexity index is 376. The van der Waals surface area contributed by atoms with Crippen molar-refractivity contribution in [1.82, 2.24) is 4.90 Å². The number of nitrogens with zero attached hydrogens (tertiary/aromatic N) is 1. The van der Waals surface area contributed by atoms with E-state index in [2.05, 4.69) is 12.1 Å². The highest BCUT2D eigenvalue weighted by Crippen LogP contribution is 2.19. The van der Waals surface area contributed by atoms with Gasteiger partial charge in [-0.15, -0.1) is 0 Å². The van der Waals surface area contributed by atoms with Gasteiger partial charge in [-0.2, -0.15) is 0 Å². The zero-order valence-corrected chi connectivity index (χ0v) is 8.81. The number of benzene rings is 1. The standard InChI is InChI=1S/C12H15NO2/c1-9(12(14)15)13-7-6-10-4-2-3-5-11(10)8-13/h2-5,9H,6-8H2,1H3,(H,14,15)/t9-/m0/s1. The van der Waals surface area contributed by atoms with Gasteiger partial charge in [0.1, 0.15) is 6.04 Å². The average molecular weight is 205 g/mol.